The number of halogens is 2. The number of carbonyl (C=O) groups is 2. The van der Waals surface area contributed by atoms with Crippen molar-refractivity contribution >= 4 is 21.8 Å². The minimum absolute atomic E-state index is 0.0738. The van der Waals surface area contributed by atoms with E-state index in [0.717, 1.165) is 33.6 Å². The summed E-state index contributed by atoms with van der Waals surface area (Å²) in [5.41, 5.74) is 2.11. The molecule has 2 aliphatic rings. The zero-order valence-corrected chi connectivity index (χ0v) is 19.0. The van der Waals surface area contributed by atoms with Gasteiger partial charge in [-0.2, -0.15) is 4.31 Å². The predicted molar refractivity (Wildman–Crippen MR) is 116 cm³/mol. The molecule has 2 aromatic rings. The van der Waals surface area contributed by atoms with Gasteiger partial charge in [-0.05, 0) is 24.6 Å². The number of aryl methyl sites for hydroxylation is 1. The molecule has 1 atom stereocenters. The molecule has 0 saturated carbocycles. The first-order valence-corrected chi connectivity index (χ1v) is 12.2. The molecule has 0 radical (unpaired) electrons. The van der Waals surface area contributed by atoms with Gasteiger partial charge in [-0.3, -0.25) is 9.59 Å². The molecule has 0 spiro atoms. The number of piperazine rings is 1. The van der Waals surface area contributed by atoms with Gasteiger partial charge < -0.3 is 9.80 Å². The largest absolute Gasteiger partial charge is 0.340 e. The summed E-state index contributed by atoms with van der Waals surface area (Å²) in [7, 11) is -4.36. The van der Waals surface area contributed by atoms with Crippen LogP contribution >= 0.6 is 0 Å². The zero-order chi connectivity index (χ0) is 23.8. The third-order valence-corrected chi connectivity index (χ3v) is 8.08. The summed E-state index contributed by atoms with van der Waals surface area (Å²) in [6, 6.07) is 10.7. The molecular weight excluding hydrogens is 452 g/mol. The average Bonchev–Trinajstić information content (AvgIpc) is 3.15. The SMILES string of the molecule is Cc1ccc(CN2C[C@H](C(=O)N3CCN(S(=O)(=O)c4c(F)cccc4F)CC3)CC2=O)cc1. The minimum atomic E-state index is -4.36. The standard InChI is InChI=1S/C23H25F2N3O4S/c1-16-5-7-17(8-6-16)14-27-15-18(13-21(27)29)23(30)26-9-11-28(12-10-26)33(31,32)22-19(24)3-2-4-20(22)25/h2-8,18H,9-15H2,1H3/t18-/m1/s1. The molecule has 2 aliphatic heterocycles. The van der Waals surface area contributed by atoms with Gasteiger partial charge in [0, 0.05) is 45.7 Å². The first-order chi connectivity index (χ1) is 15.7. The third kappa shape index (κ3) is 4.77. The summed E-state index contributed by atoms with van der Waals surface area (Å²) in [6.07, 6.45) is 0.115. The van der Waals surface area contributed by atoms with Crippen molar-refractivity contribution < 1.29 is 26.8 Å². The summed E-state index contributed by atoms with van der Waals surface area (Å²) in [4.78, 5) is 27.6. The summed E-state index contributed by atoms with van der Waals surface area (Å²) < 4.78 is 54.5. The van der Waals surface area contributed by atoms with Gasteiger partial charge in [-0.25, -0.2) is 17.2 Å². The van der Waals surface area contributed by atoms with Crippen LogP contribution in [0.5, 0.6) is 0 Å². The molecule has 0 bridgehead atoms. The molecule has 2 amide bonds. The lowest BCUT2D eigenvalue weighted by molar-refractivity contribution is -0.137. The molecule has 0 aliphatic carbocycles. The topological polar surface area (TPSA) is 78.0 Å². The van der Waals surface area contributed by atoms with Crippen molar-refractivity contribution in [3.8, 4) is 0 Å². The van der Waals surface area contributed by atoms with Crippen molar-refractivity contribution in [2.45, 2.75) is 24.8 Å². The van der Waals surface area contributed by atoms with Gasteiger partial charge in [-0.15, -0.1) is 0 Å². The summed E-state index contributed by atoms with van der Waals surface area (Å²) >= 11 is 0. The number of rotatable bonds is 5. The molecule has 4 rings (SSSR count). The molecule has 176 valence electrons. The fraction of sp³-hybridized carbons (Fsp3) is 0.391. The molecule has 7 nitrogen and oxygen atoms in total. The van der Waals surface area contributed by atoms with Gasteiger partial charge in [-0.1, -0.05) is 35.9 Å². The average molecular weight is 478 g/mol. The summed E-state index contributed by atoms with van der Waals surface area (Å²) in [5, 5.41) is 0. The van der Waals surface area contributed by atoms with Crippen molar-refractivity contribution in [2.24, 2.45) is 5.92 Å². The van der Waals surface area contributed by atoms with Crippen molar-refractivity contribution in [1.29, 1.82) is 0 Å². The lowest BCUT2D eigenvalue weighted by Gasteiger charge is -2.35. The maximum absolute atomic E-state index is 14.0. The number of hydrogen-bond acceptors (Lipinski definition) is 4. The van der Waals surface area contributed by atoms with E-state index in [2.05, 4.69) is 0 Å². The number of nitrogens with zero attached hydrogens (tertiary/aromatic N) is 3. The van der Waals surface area contributed by atoms with E-state index >= 15 is 0 Å². The first-order valence-electron chi connectivity index (χ1n) is 10.7. The second-order valence-electron chi connectivity index (χ2n) is 8.44. The van der Waals surface area contributed by atoms with Crippen molar-refractivity contribution in [3.05, 3.63) is 65.2 Å². The van der Waals surface area contributed by atoms with E-state index in [4.69, 9.17) is 0 Å². The zero-order valence-electron chi connectivity index (χ0n) is 18.2. The van der Waals surface area contributed by atoms with Crippen LogP contribution < -0.4 is 0 Å². The summed E-state index contributed by atoms with van der Waals surface area (Å²) in [6.45, 7) is 2.77. The van der Waals surface area contributed by atoms with Crippen LogP contribution in [0.1, 0.15) is 17.5 Å². The van der Waals surface area contributed by atoms with Crippen molar-refractivity contribution in [1.82, 2.24) is 14.1 Å². The second kappa shape index (κ2) is 9.18. The normalized spacial score (nSPS) is 19.8. The van der Waals surface area contributed by atoms with E-state index in [1.54, 1.807) is 4.90 Å². The Bertz CT molecular complexity index is 1140. The van der Waals surface area contributed by atoms with Crippen LogP contribution in [0.25, 0.3) is 0 Å². The van der Waals surface area contributed by atoms with Crippen LogP contribution in [-0.4, -0.2) is 67.1 Å². The summed E-state index contributed by atoms with van der Waals surface area (Å²) in [5.74, 6) is -3.08. The van der Waals surface area contributed by atoms with E-state index in [-0.39, 0.29) is 44.4 Å². The molecule has 0 unspecified atom stereocenters. The molecule has 2 saturated heterocycles. The Morgan fingerprint density at radius 1 is 1.00 bits per heavy atom. The molecule has 10 heteroatoms. The van der Waals surface area contributed by atoms with Gasteiger partial charge in [0.2, 0.25) is 21.8 Å². The minimum Gasteiger partial charge on any atom is -0.340 e. The van der Waals surface area contributed by atoms with Crippen molar-refractivity contribution in [2.75, 3.05) is 32.7 Å². The number of sulfonamides is 1. The lowest BCUT2D eigenvalue weighted by Crippen LogP contribution is -2.52. The highest BCUT2D eigenvalue weighted by Gasteiger charge is 2.39. The van der Waals surface area contributed by atoms with E-state index in [1.807, 2.05) is 31.2 Å². The highest BCUT2D eigenvalue weighted by atomic mass is 32.2. The van der Waals surface area contributed by atoms with E-state index in [1.165, 1.54) is 4.90 Å². The number of likely N-dealkylation sites (tertiary alicyclic amines) is 1. The Balaban J connectivity index is 1.36. The number of hydrogen-bond donors (Lipinski definition) is 0. The van der Waals surface area contributed by atoms with Crippen LogP contribution in [0.3, 0.4) is 0 Å². The smallest absolute Gasteiger partial charge is 0.249 e. The second-order valence-corrected chi connectivity index (χ2v) is 10.3. The first kappa shape index (κ1) is 23.3. The van der Waals surface area contributed by atoms with Gasteiger partial charge in [0.05, 0.1) is 5.92 Å². The Hall–Kier alpha value is -2.85. The van der Waals surface area contributed by atoms with Crippen LogP contribution in [-0.2, 0) is 26.2 Å². The number of benzene rings is 2. The van der Waals surface area contributed by atoms with Crippen LogP contribution in [0.15, 0.2) is 47.4 Å². The Morgan fingerprint density at radius 3 is 2.21 bits per heavy atom. The lowest BCUT2D eigenvalue weighted by atomic mass is 10.1. The van der Waals surface area contributed by atoms with Gasteiger partial charge >= 0.3 is 0 Å². The van der Waals surface area contributed by atoms with Gasteiger partial charge in [0.25, 0.3) is 0 Å². The third-order valence-electron chi connectivity index (χ3n) is 6.12. The number of amides is 2. The molecule has 2 heterocycles. The fourth-order valence-electron chi connectivity index (χ4n) is 4.27. The Labute approximate surface area is 191 Å². The van der Waals surface area contributed by atoms with Gasteiger partial charge in [0.1, 0.15) is 11.6 Å². The highest BCUT2D eigenvalue weighted by Crippen LogP contribution is 2.26. The van der Waals surface area contributed by atoms with Crippen LogP contribution in [0.4, 0.5) is 8.78 Å². The van der Waals surface area contributed by atoms with Gasteiger partial charge in [0.15, 0.2) is 4.90 Å². The molecule has 0 aromatic heterocycles. The quantitative estimate of drug-likeness (QED) is 0.661. The van der Waals surface area contributed by atoms with Crippen molar-refractivity contribution in [3.63, 3.8) is 0 Å². The number of carbonyl (C=O) groups excluding carboxylic acids is 2. The monoisotopic (exact) mass is 477 g/mol. The molecule has 2 aromatic carbocycles. The fourth-order valence-corrected chi connectivity index (χ4v) is 5.80. The molecular formula is C23H25F2N3O4S. The van der Waals surface area contributed by atoms with Crippen LogP contribution in [0, 0.1) is 24.5 Å². The van der Waals surface area contributed by atoms with E-state index in [9.17, 15) is 26.8 Å². The maximum Gasteiger partial charge on any atom is 0.249 e. The predicted octanol–water partition coefficient (Wildman–Crippen LogP) is 2.15. The molecule has 0 N–H and O–H groups in total. The van der Waals surface area contributed by atoms with E-state index < -0.39 is 32.5 Å². The highest BCUT2D eigenvalue weighted by molar-refractivity contribution is 7.89. The Kier molecular flexibility index (Phi) is 6.49. The van der Waals surface area contributed by atoms with Crippen LogP contribution in [0.2, 0.25) is 0 Å². The maximum atomic E-state index is 14.0. The molecule has 2 fully saturated rings. The Morgan fingerprint density at radius 2 is 1.61 bits per heavy atom. The van der Waals surface area contributed by atoms with E-state index in [0.29, 0.717) is 13.1 Å². The molecule has 33 heavy (non-hydrogen) atoms.